The summed E-state index contributed by atoms with van der Waals surface area (Å²) < 4.78 is 5.56. The maximum atomic E-state index is 12.4. The van der Waals surface area contributed by atoms with Gasteiger partial charge < -0.3 is 9.64 Å². The van der Waals surface area contributed by atoms with Crippen LogP contribution >= 0.6 is 0 Å². The number of hydrogen-bond acceptors (Lipinski definition) is 3. The Morgan fingerprint density at radius 3 is 2.39 bits per heavy atom. The minimum atomic E-state index is -0.119. The summed E-state index contributed by atoms with van der Waals surface area (Å²) in [4.78, 5) is 14.9. The summed E-state index contributed by atoms with van der Waals surface area (Å²) >= 11 is 0. The second kappa shape index (κ2) is 8.56. The molecular weight excluding hydrogens is 286 g/mol. The van der Waals surface area contributed by atoms with Crippen LogP contribution in [0.25, 0.3) is 0 Å². The molecule has 3 heteroatoms. The van der Waals surface area contributed by atoms with E-state index in [2.05, 4.69) is 25.7 Å². The molecule has 1 heterocycles. The maximum Gasteiger partial charge on any atom is 0.334 e. The van der Waals surface area contributed by atoms with E-state index < -0.39 is 0 Å². The third kappa shape index (κ3) is 4.39. The molecule has 130 valence electrons. The summed E-state index contributed by atoms with van der Waals surface area (Å²) in [6.07, 6.45) is 8.16. The molecular formula is C20H33NO2. The van der Waals surface area contributed by atoms with Crippen LogP contribution in [0.3, 0.4) is 0 Å². The Kier molecular flexibility index (Phi) is 6.73. The summed E-state index contributed by atoms with van der Waals surface area (Å²) in [5.74, 6) is 0.368. The molecule has 2 rings (SSSR count). The number of hydrogen-bond donors (Lipinski definition) is 0. The Hall–Kier alpha value is -1.25. The van der Waals surface area contributed by atoms with E-state index >= 15 is 0 Å². The number of likely N-dealkylation sites (tertiary alicyclic amines) is 1. The summed E-state index contributed by atoms with van der Waals surface area (Å²) in [7, 11) is 0. The molecule has 0 aromatic rings. The van der Waals surface area contributed by atoms with Crippen LogP contribution in [0.1, 0.15) is 72.6 Å². The normalized spacial score (nSPS) is 21.2. The van der Waals surface area contributed by atoms with Gasteiger partial charge in [0.05, 0.1) is 6.61 Å². The first-order chi connectivity index (χ1) is 11.1. The van der Waals surface area contributed by atoms with Crippen LogP contribution in [0.5, 0.6) is 0 Å². The fourth-order valence-electron chi connectivity index (χ4n) is 3.77. The minimum absolute atomic E-state index is 0.119. The standard InChI is InChI=1S/C20H33NO2/c1-5-17(6-2)14-23-20(22)16(4)18-10-11-19(15(18)3)21-12-8-7-9-13-21/h17H,5-14H2,1-4H3/b18-16-. The molecule has 0 aromatic heterocycles. The van der Waals surface area contributed by atoms with Crippen molar-refractivity contribution >= 4 is 5.97 Å². The van der Waals surface area contributed by atoms with Gasteiger partial charge in [-0.15, -0.1) is 0 Å². The van der Waals surface area contributed by atoms with Crippen molar-refractivity contribution in [2.24, 2.45) is 5.92 Å². The smallest absolute Gasteiger partial charge is 0.334 e. The average Bonchev–Trinajstić information content (AvgIpc) is 2.97. The second-order valence-electron chi connectivity index (χ2n) is 7.00. The van der Waals surface area contributed by atoms with Gasteiger partial charge in [0.2, 0.25) is 0 Å². The van der Waals surface area contributed by atoms with Crippen molar-refractivity contribution in [2.75, 3.05) is 19.7 Å². The number of carbonyl (C=O) groups excluding carboxylic acids is 1. The molecule has 0 spiro atoms. The molecule has 1 fully saturated rings. The molecule has 0 amide bonds. The van der Waals surface area contributed by atoms with E-state index in [0.29, 0.717) is 12.5 Å². The van der Waals surface area contributed by atoms with Crippen molar-refractivity contribution in [3.05, 3.63) is 22.4 Å². The van der Waals surface area contributed by atoms with Crippen molar-refractivity contribution in [2.45, 2.75) is 72.6 Å². The maximum absolute atomic E-state index is 12.4. The molecule has 0 bridgehead atoms. The van der Waals surface area contributed by atoms with Gasteiger partial charge in [-0.25, -0.2) is 4.79 Å². The number of piperidine rings is 1. The summed E-state index contributed by atoms with van der Waals surface area (Å²) in [6, 6.07) is 0. The first-order valence-electron chi connectivity index (χ1n) is 9.40. The minimum Gasteiger partial charge on any atom is -0.462 e. The molecule has 0 saturated carbocycles. The molecule has 0 radical (unpaired) electrons. The Morgan fingerprint density at radius 1 is 1.13 bits per heavy atom. The Balaban J connectivity index is 2.04. The highest BCUT2D eigenvalue weighted by Gasteiger charge is 2.25. The van der Waals surface area contributed by atoms with Crippen molar-refractivity contribution in [1.29, 1.82) is 0 Å². The Labute approximate surface area is 141 Å². The molecule has 0 N–H and O–H groups in total. The topological polar surface area (TPSA) is 29.5 Å². The number of allylic oxidation sites excluding steroid dienone is 3. The fourth-order valence-corrected chi connectivity index (χ4v) is 3.77. The lowest BCUT2D eigenvalue weighted by Gasteiger charge is -2.30. The number of carbonyl (C=O) groups is 1. The van der Waals surface area contributed by atoms with Gasteiger partial charge in [0.1, 0.15) is 0 Å². The quantitative estimate of drug-likeness (QED) is 0.518. The molecule has 0 unspecified atom stereocenters. The monoisotopic (exact) mass is 319 g/mol. The summed E-state index contributed by atoms with van der Waals surface area (Å²) in [5, 5.41) is 0. The van der Waals surface area contributed by atoms with Crippen molar-refractivity contribution in [3.63, 3.8) is 0 Å². The molecule has 1 saturated heterocycles. The third-order valence-corrected chi connectivity index (χ3v) is 5.60. The lowest BCUT2D eigenvalue weighted by molar-refractivity contribution is -0.140. The van der Waals surface area contributed by atoms with Crippen LogP contribution in [-0.4, -0.2) is 30.6 Å². The van der Waals surface area contributed by atoms with Crippen molar-refractivity contribution in [1.82, 2.24) is 4.90 Å². The average molecular weight is 319 g/mol. The largest absolute Gasteiger partial charge is 0.462 e. The van der Waals surface area contributed by atoms with E-state index in [4.69, 9.17) is 4.74 Å². The molecule has 3 nitrogen and oxygen atoms in total. The van der Waals surface area contributed by atoms with E-state index in [0.717, 1.165) is 31.3 Å². The summed E-state index contributed by atoms with van der Waals surface area (Å²) in [6.45, 7) is 11.3. The highest BCUT2D eigenvalue weighted by Crippen LogP contribution is 2.36. The predicted octanol–water partition coefficient (Wildman–Crippen LogP) is 4.84. The van der Waals surface area contributed by atoms with Crippen LogP contribution in [0.15, 0.2) is 22.4 Å². The van der Waals surface area contributed by atoms with Crippen molar-refractivity contribution < 1.29 is 9.53 Å². The number of ether oxygens (including phenoxy) is 1. The Bertz CT molecular complexity index is 480. The van der Waals surface area contributed by atoms with Gasteiger partial charge >= 0.3 is 5.97 Å². The van der Waals surface area contributed by atoms with Gasteiger partial charge in [0.25, 0.3) is 0 Å². The van der Waals surface area contributed by atoms with E-state index in [1.807, 2.05) is 6.92 Å². The molecule has 0 atom stereocenters. The highest BCUT2D eigenvalue weighted by molar-refractivity contribution is 5.89. The SMILES string of the molecule is CCC(CC)COC(=O)/C(C)=C1/CCC(N2CCCCC2)=C1C. The first kappa shape index (κ1) is 18.1. The fraction of sp³-hybridized carbons (Fsp3) is 0.750. The highest BCUT2D eigenvalue weighted by atomic mass is 16.5. The lowest BCUT2D eigenvalue weighted by Crippen LogP contribution is -2.28. The van der Waals surface area contributed by atoms with E-state index in [-0.39, 0.29) is 5.97 Å². The zero-order valence-corrected chi connectivity index (χ0v) is 15.4. The van der Waals surface area contributed by atoms with Crippen LogP contribution in [0, 0.1) is 5.92 Å². The molecule has 23 heavy (non-hydrogen) atoms. The molecule has 2 aliphatic rings. The van der Waals surface area contributed by atoms with Gasteiger partial charge in [-0.1, -0.05) is 26.7 Å². The predicted molar refractivity (Wildman–Crippen MR) is 95.1 cm³/mol. The molecule has 0 aromatic carbocycles. The lowest BCUT2D eigenvalue weighted by atomic mass is 10.0. The van der Waals surface area contributed by atoms with Crippen LogP contribution < -0.4 is 0 Å². The van der Waals surface area contributed by atoms with Crippen LogP contribution in [0.2, 0.25) is 0 Å². The third-order valence-electron chi connectivity index (χ3n) is 5.60. The number of esters is 1. The number of rotatable bonds is 6. The van der Waals surface area contributed by atoms with Crippen LogP contribution in [-0.2, 0) is 9.53 Å². The zero-order valence-electron chi connectivity index (χ0n) is 15.4. The van der Waals surface area contributed by atoms with E-state index in [1.54, 1.807) is 0 Å². The van der Waals surface area contributed by atoms with Crippen molar-refractivity contribution in [3.8, 4) is 0 Å². The summed E-state index contributed by atoms with van der Waals surface area (Å²) in [5.41, 5.74) is 4.83. The van der Waals surface area contributed by atoms with Gasteiger partial charge in [-0.05, 0) is 63.0 Å². The van der Waals surface area contributed by atoms with Gasteiger partial charge in [0, 0.05) is 24.4 Å². The van der Waals surface area contributed by atoms with Gasteiger partial charge in [0.15, 0.2) is 0 Å². The molecule has 1 aliphatic carbocycles. The van der Waals surface area contributed by atoms with Gasteiger partial charge in [-0.2, -0.15) is 0 Å². The van der Waals surface area contributed by atoms with Gasteiger partial charge in [-0.3, -0.25) is 0 Å². The second-order valence-corrected chi connectivity index (χ2v) is 7.00. The van der Waals surface area contributed by atoms with E-state index in [9.17, 15) is 4.79 Å². The van der Waals surface area contributed by atoms with Crippen LogP contribution in [0.4, 0.5) is 0 Å². The molecule has 1 aliphatic heterocycles. The zero-order chi connectivity index (χ0) is 16.8. The Morgan fingerprint density at radius 2 is 1.78 bits per heavy atom. The first-order valence-corrected chi connectivity index (χ1v) is 9.40. The van der Waals surface area contributed by atoms with E-state index in [1.165, 1.54) is 49.2 Å². The number of nitrogens with zero attached hydrogens (tertiary/aromatic N) is 1.